The van der Waals surface area contributed by atoms with Gasteiger partial charge in [-0.05, 0) is 30.5 Å². The van der Waals surface area contributed by atoms with Crippen molar-refractivity contribution in [3.05, 3.63) is 34.9 Å². The lowest BCUT2D eigenvalue weighted by Gasteiger charge is -2.10. The van der Waals surface area contributed by atoms with Crippen molar-refractivity contribution in [2.45, 2.75) is 36.7 Å². The van der Waals surface area contributed by atoms with E-state index in [2.05, 4.69) is 4.72 Å². The second-order valence-corrected chi connectivity index (χ2v) is 8.71. The average Bonchev–Trinajstić information content (AvgIpc) is 2.90. The summed E-state index contributed by atoms with van der Waals surface area (Å²) in [5.74, 6) is 0.864. The molecule has 0 saturated heterocycles. The van der Waals surface area contributed by atoms with Gasteiger partial charge in [-0.1, -0.05) is 36.6 Å². The van der Waals surface area contributed by atoms with Crippen LogP contribution in [0, 0.1) is 0 Å². The zero-order valence-electron chi connectivity index (χ0n) is 11.3. The third-order valence-corrected chi connectivity index (χ3v) is 6.34. The third-order valence-electron chi connectivity index (χ3n) is 3.35. The zero-order chi connectivity index (χ0) is 14.4. The molecule has 0 amide bonds. The van der Waals surface area contributed by atoms with Crippen molar-refractivity contribution in [3.63, 3.8) is 0 Å². The summed E-state index contributed by atoms with van der Waals surface area (Å²) in [6.07, 6.45) is 5.20. The average molecular weight is 334 g/mol. The van der Waals surface area contributed by atoms with Gasteiger partial charge in [0.25, 0.3) is 0 Å². The van der Waals surface area contributed by atoms with Crippen molar-refractivity contribution in [3.8, 4) is 0 Å². The van der Waals surface area contributed by atoms with Crippen LogP contribution in [0.4, 0.5) is 0 Å². The number of nitrogens with one attached hydrogen (secondary N) is 1. The SMILES string of the molecule is O=S(=O)(Cc1ccc(Cl)cc1)NCCSC1CCCC1. The number of benzene rings is 1. The molecule has 1 N–H and O–H groups in total. The molecule has 0 spiro atoms. The van der Waals surface area contributed by atoms with Crippen LogP contribution in [-0.2, 0) is 15.8 Å². The van der Waals surface area contributed by atoms with Gasteiger partial charge in [-0.25, -0.2) is 13.1 Å². The summed E-state index contributed by atoms with van der Waals surface area (Å²) in [4.78, 5) is 0. The highest BCUT2D eigenvalue weighted by atomic mass is 35.5. The van der Waals surface area contributed by atoms with Crippen LogP contribution in [0.2, 0.25) is 5.02 Å². The minimum Gasteiger partial charge on any atom is -0.214 e. The Morgan fingerprint density at radius 2 is 1.85 bits per heavy atom. The van der Waals surface area contributed by atoms with Gasteiger partial charge >= 0.3 is 0 Å². The van der Waals surface area contributed by atoms with Crippen LogP contribution in [0.1, 0.15) is 31.2 Å². The lowest BCUT2D eigenvalue weighted by molar-refractivity contribution is 0.583. The van der Waals surface area contributed by atoms with Gasteiger partial charge in [0.05, 0.1) is 5.75 Å². The Morgan fingerprint density at radius 3 is 2.50 bits per heavy atom. The first-order valence-electron chi connectivity index (χ1n) is 6.88. The monoisotopic (exact) mass is 333 g/mol. The molecule has 1 saturated carbocycles. The molecule has 1 aromatic rings. The summed E-state index contributed by atoms with van der Waals surface area (Å²) in [6.45, 7) is 0.511. The van der Waals surface area contributed by atoms with E-state index in [1.807, 2.05) is 11.8 Å². The standard InChI is InChI=1S/C14H20ClNO2S2/c15-13-7-5-12(6-8-13)11-20(17,18)16-9-10-19-14-3-1-2-4-14/h5-8,14,16H,1-4,9-11H2. The van der Waals surface area contributed by atoms with Gasteiger partial charge in [0.1, 0.15) is 0 Å². The largest absolute Gasteiger partial charge is 0.215 e. The van der Waals surface area contributed by atoms with E-state index in [0.717, 1.165) is 16.6 Å². The van der Waals surface area contributed by atoms with E-state index in [1.54, 1.807) is 24.3 Å². The lowest BCUT2D eigenvalue weighted by atomic mass is 10.2. The molecule has 20 heavy (non-hydrogen) atoms. The molecule has 0 heterocycles. The van der Waals surface area contributed by atoms with Crippen LogP contribution in [0.25, 0.3) is 0 Å². The van der Waals surface area contributed by atoms with Gasteiger partial charge in [-0.15, -0.1) is 0 Å². The topological polar surface area (TPSA) is 46.2 Å². The van der Waals surface area contributed by atoms with Crippen molar-refractivity contribution in [1.29, 1.82) is 0 Å². The molecule has 6 heteroatoms. The van der Waals surface area contributed by atoms with E-state index < -0.39 is 10.0 Å². The quantitative estimate of drug-likeness (QED) is 0.777. The molecule has 0 radical (unpaired) electrons. The molecule has 1 fully saturated rings. The van der Waals surface area contributed by atoms with Gasteiger partial charge in [0.2, 0.25) is 10.0 Å². The highest BCUT2D eigenvalue weighted by Gasteiger charge is 2.16. The molecule has 0 atom stereocenters. The van der Waals surface area contributed by atoms with Crippen LogP contribution < -0.4 is 4.72 Å². The Bertz CT molecular complexity index is 510. The van der Waals surface area contributed by atoms with E-state index in [1.165, 1.54) is 25.7 Å². The maximum atomic E-state index is 11.9. The first-order chi connectivity index (χ1) is 9.55. The molecule has 1 aromatic carbocycles. The Morgan fingerprint density at radius 1 is 1.20 bits per heavy atom. The Hall–Kier alpha value is -0.230. The van der Waals surface area contributed by atoms with E-state index >= 15 is 0 Å². The zero-order valence-corrected chi connectivity index (χ0v) is 13.7. The highest BCUT2D eigenvalue weighted by Crippen LogP contribution is 2.28. The first kappa shape index (κ1) is 16.1. The van der Waals surface area contributed by atoms with Crippen molar-refractivity contribution >= 4 is 33.4 Å². The second kappa shape index (κ2) is 7.69. The fourth-order valence-corrected chi connectivity index (χ4v) is 4.95. The van der Waals surface area contributed by atoms with E-state index in [-0.39, 0.29) is 5.75 Å². The van der Waals surface area contributed by atoms with E-state index in [4.69, 9.17) is 11.6 Å². The Balaban J connectivity index is 1.71. The Labute approximate surface area is 130 Å². The number of sulfonamides is 1. The number of thioether (sulfide) groups is 1. The van der Waals surface area contributed by atoms with Crippen LogP contribution in [-0.4, -0.2) is 26.0 Å². The fraction of sp³-hybridized carbons (Fsp3) is 0.571. The second-order valence-electron chi connectivity index (χ2n) is 5.06. The summed E-state index contributed by atoms with van der Waals surface area (Å²) in [7, 11) is -3.25. The van der Waals surface area contributed by atoms with Crippen LogP contribution in [0.5, 0.6) is 0 Å². The maximum Gasteiger partial charge on any atom is 0.215 e. The molecule has 1 aliphatic rings. The van der Waals surface area contributed by atoms with Crippen molar-refractivity contribution < 1.29 is 8.42 Å². The first-order valence-corrected chi connectivity index (χ1v) is 9.96. The summed E-state index contributed by atoms with van der Waals surface area (Å²) in [5, 5.41) is 1.35. The van der Waals surface area contributed by atoms with Gasteiger partial charge in [-0.2, -0.15) is 11.8 Å². The van der Waals surface area contributed by atoms with Gasteiger partial charge in [0.15, 0.2) is 0 Å². The normalized spacial score (nSPS) is 16.6. The van der Waals surface area contributed by atoms with Crippen molar-refractivity contribution in [2.75, 3.05) is 12.3 Å². The lowest BCUT2D eigenvalue weighted by Crippen LogP contribution is -2.27. The highest BCUT2D eigenvalue weighted by molar-refractivity contribution is 8.00. The van der Waals surface area contributed by atoms with Crippen molar-refractivity contribution in [2.24, 2.45) is 0 Å². The number of halogens is 1. The minimum absolute atomic E-state index is 0.0122. The van der Waals surface area contributed by atoms with Gasteiger partial charge < -0.3 is 0 Å². The molecule has 112 valence electrons. The molecule has 0 bridgehead atoms. The van der Waals surface area contributed by atoms with Gasteiger partial charge in [-0.3, -0.25) is 0 Å². The smallest absolute Gasteiger partial charge is 0.214 e. The molecule has 0 aromatic heterocycles. The van der Waals surface area contributed by atoms with Gasteiger partial charge in [0, 0.05) is 22.6 Å². The van der Waals surface area contributed by atoms with E-state index in [9.17, 15) is 8.42 Å². The molecule has 0 aliphatic heterocycles. The number of hydrogen-bond donors (Lipinski definition) is 1. The van der Waals surface area contributed by atoms with Crippen LogP contribution in [0.3, 0.4) is 0 Å². The van der Waals surface area contributed by atoms with Crippen LogP contribution in [0.15, 0.2) is 24.3 Å². The fourth-order valence-electron chi connectivity index (χ4n) is 2.33. The summed E-state index contributed by atoms with van der Waals surface area (Å²) in [5.41, 5.74) is 0.755. The molecular weight excluding hydrogens is 314 g/mol. The molecular formula is C14H20ClNO2S2. The predicted molar refractivity (Wildman–Crippen MR) is 86.8 cm³/mol. The van der Waals surface area contributed by atoms with E-state index in [0.29, 0.717) is 11.6 Å². The van der Waals surface area contributed by atoms with Crippen molar-refractivity contribution in [1.82, 2.24) is 4.72 Å². The molecule has 1 aliphatic carbocycles. The number of rotatable bonds is 7. The number of hydrogen-bond acceptors (Lipinski definition) is 3. The predicted octanol–water partition coefficient (Wildman–Crippen LogP) is 3.44. The molecule has 2 rings (SSSR count). The molecule has 3 nitrogen and oxygen atoms in total. The van der Waals surface area contributed by atoms with Crippen LogP contribution >= 0.6 is 23.4 Å². The minimum atomic E-state index is -3.25. The third kappa shape index (κ3) is 5.64. The molecule has 0 unspecified atom stereocenters. The maximum absolute atomic E-state index is 11.9. The Kier molecular flexibility index (Phi) is 6.20. The summed E-state index contributed by atoms with van der Waals surface area (Å²) in [6, 6.07) is 6.91. The summed E-state index contributed by atoms with van der Waals surface area (Å²) >= 11 is 7.67. The summed E-state index contributed by atoms with van der Waals surface area (Å²) < 4.78 is 26.5.